The fourth-order valence-electron chi connectivity index (χ4n) is 3.38. The average Bonchev–Trinajstić information content (AvgIpc) is 3.04. The molecule has 0 spiro atoms. The largest absolute Gasteiger partial charge is 0.380 e. The first-order valence-corrected chi connectivity index (χ1v) is 7.78. The third kappa shape index (κ3) is 2.96. The molecule has 1 atom stereocenters. The Morgan fingerprint density at radius 2 is 2.19 bits per heavy atom. The number of carbonyl (C=O) groups is 1. The highest BCUT2D eigenvalue weighted by Gasteiger charge is 2.42. The van der Waals surface area contributed by atoms with E-state index in [9.17, 15) is 9.90 Å². The second kappa shape index (κ2) is 5.77. The summed E-state index contributed by atoms with van der Waals surface area (Å²) in [7, 11) is 2.03. The summed E-state index contributed by atoms with van der Waals surface area (Å²) in [6.07, 6.45) is 6.64. The summed E-state index contributed by atoms with van der Waals surface area (Å²) in [6, 6.07) is 0. The number of likely N-dealkylation sites (tertiary alicyclic amines) is 2. The molecule has 0 saturated carbocycles. The standard InChI is InChI=1S/C15H24N4O2/c1-18-9-4-15(21,5-10-18)14(20)19-8-2-3-12(11-19)13-16-6-7-17-13/h6-7,12,21H,2-5,8-11H2,1H3,(H,16,17). The summed E-state index contributed by atoms with van der Waals surface area (Å²) < 4.78 is 0. The van der Waals surface area contributed by atoms with E-state index < -0.39 is 5.60 Å². The van der Waals surface area contributed by atoms with Gasteiger partial charge in [0, 0.05) is 44.5 Å². The molecule has 1 amide bonds. The molecule has 0 aromatic carbocycles. The zero-order valence-corrected chi connectivity index (χ0v) is 12.6. The van der Waals surface area contributed by atoms with Crippen LogP contribution in [-0.4, -0.2) is 69.6 Å². The molecular weight excluding hydrogens is 268 g/mol. The number of hydrogen-bond acceptors (Lipinski definition) is 4. The van der Waals surface area contributed by atoms with Crippen molar-refractivity contribution in [1.29, 1.82) is 0 Å². The molecule has 0 radical (unpaired) electrons. The second-order valence-corrected chi connectivity index (χ2v) is 6.40. The number of aliphatic hydroxyl groups is 1. The summed E-state index contributed by atoms with van der Waals surface area (Å²) in [6.45, 7) is 2.95. The molecule has 21 heavy (non-hydrogen) atoms. The van der Waals surface area contributed by atoms with Crippen LogP contribution in [-0.2, 0) is 4.79 Å². The lowest BCUT2D eigenvalue weighted by Crippen LogP contribution is -2.56. The number of aromatic amines is 1. The van der Waals surface area contributed by atoms with Crippen LogP contribution in [0.3, 0.4) is 0 Å². The van der Waals surface area contributed by atoms with Crippen molar-refractivity contribution in [3.63, 3.8) is 0 Å². The van der Waals surface area contributed by atoms with Crippen LogP contribution < -0.4 is 0 Å². The van der Waals surface area contributed by atoms with Crippen molar-refractivity contribution in [2.45, 2.75) is 37.2 Å². The Morgan fingerprint density at radius 1 is 1.43 bits per heavy atom. The molecule has 2 fully saturated rings. The average molecular weight is 292 g/mol. The predicted molar refractivity (Wildman–Crippen MR) is 78.8 cm³/mol. The fourth-order valence-corrected chi connectivity index (χ4v) is 3.38. The summed E-state index contributed by atoms with van der Waals surface area (Å²) in [4.78, 5) is 24.2. The van der Waals surface area contributed by atoms with Crippen molar-refractivity contribution in [2.24, 2.45) is 0 Å². The van der Waals surface area contributed by atoms with E-state index in [1.165, 1.54) is 0 Å². The number of amides is 1. The Kier molecular flexibility index (Phi) is 3.99. The van der Waals surface area contributed by atoms with Crippen molar-refractivity contribution < 1.29 is 9.90 Å². The van der Waals surface area contributed by atoms with Crippen molar-refractivity contribution in [3.05, 3.63) is 18.2 Å². The predicted octanol–water partition coefficient (Wildman–Crippen LogP) is 0.572. The van der Waals surface area contributed by atoms with E-state index in [0.717, 1.165) is 38.3 Å². The van der Waals surface area contributed by atoms with E-state index in [-0.39, 0.29) is 11.8 Å². The fraction of sp³-hybridized carbons (Fsp3) is 0.733. The van der Waals surface area contributed by atoms with Gasteiger partial charge in [-0.3, -0.25) is 4.79 Å². The van der Waals surface area contributed by atoms with E-state index in [1.807, 2.05) is 18.1 Å². The van der Waals surface area contributed by atoms with Gasteiger partial charge in [0.1, 0.15) is 11.4 Å². The molecule has 1 unspecified atom stereocenters. The number of piperidine rings is 2. The van der Waals surface area contributed by atoms with Crippen molar-refractivity contribution >= 4 is 5.91 Å². The number of nitrogens with zero attached hydrogens (tertiary/aromatic N) is 3. The van der Waals surface area contributed by atoms with Crippen LogP contribution in [0, 0.1) is 0 Å². The number of H-pyrrole nitrogens is 1. The monoisotopic (exact) mass is 292 g/mol. The maximum atomic E-state index is 12.7. The lowest BCUT2D eigenvalue weighted by molar-refractivity contribution is -0.157. The van der Waals surface area contributed by atoms with Crippen LogP contribution in [0.2, 0.25) is 0 Å². The normalized spacial score (nSPS) is 26.8. The Morgan fingerprint density at radius 3 is 2.86 bits per heavy atom. The Balaban J connectivity index is 1.67. The number of imidazole rings is 1. The maximum absolute atomic E-state index is 12.7. The van der Waals surface area contributed by atoms with Crippen LogP contribution in [0.1, 0.15) is 37.4 Å². The minimum Gasteiger partial charge on any atom is -0.380 e. The van der Waals surface area contributed by atoms with Crippen LogP contribution in [0.25, 0.3) is 0 Å². The Bertz CT molecular complexity index is 480. The molecule has 1 aromatic rings. The van der Waals surface area contributed by atoms with Crippen LogP contribution in [0.4, 0.5) is 0 Å². The maximum Gasteiger partial charge on any atom is 0.254 e. The number of aromatic nitrogens is 2. The zero-order chi connectivity index (χ0) is 14.9. The smallest absolute Gasteiger partial charge is 0.254 e. The SMILES string of the molecule is CN1CCC(O)(C(=O)N2CCCC(c3ncc[nH]3)C2)CC1. The number of rotatable bonds is 2. The lowest BCUT2D eigenvalue weighted by Gasteiger charge is -2.41. The van der Waals surface area contributed by atoms with Gasteiger partial charge in [0.2, 0.25) is 0 Å². The van der Waals surface area contributed by atoms with E-state index >= 15 is 0 Å². The van der Waals surface area contributed by atoms with Gasteiger partial charge in [-0.05, 0) is 32.7 Å². The lowest BCUT2D eigenvalue weighted by atomic mass is 9.88. The highest BCUT2D eigenvalue weighted by molar-refractivity contribution is 5.85. The van der Waals surface area contributed by atoms with Crippen LogP contribution >= 0.6 is 0 Å². The van der Waals surface area contributed by atoms with Gasteiger partial charge in [0.15, 0.2) is 0 Å². The second-order valence-electron chi connectivity index (χ2n) is 6.40. The summed E-state index contributed by atoms with van der Waals surface area (Å²) in [5.74, 6) is 1.11. The molecule has 2 saturated heterocycles. The van der Waals surface area contributed by atoms with Gasteiger partial charge in [-0.25, -0.2) is 4.98 Å². The van der Waals surface area contributed by atoms with Gasteiger partial charge < -0.3 is 19.9 Å². The van der Waals surface area contributed by atoms with Gasteiger partial charge >= 0.3 is 0 Å². The summed E-state index contributed by atoms with van der Waals surface area (Å²) in [5, 5.41) is 10.7. The molecule has 3 rings (SSSR count). The quantitative estimate of drug-likeness (QED) is 0.836. The zero-order valence-electron chi connectivity index (χ0n) is 12.6. The first-order valence-electron chi connectivity index (χ1n) is 7.78. The van der Waals surface area contributed by atoms with Crippen molar-refractivity contribution in [2.75, 3.05) is 33.2 Å². The van der Waals surface area contributed by atoms with Crippen molar-refractivity contribution in [1.82, 2.24) is 19.8 Å². The number of carbonyl (C=O) groups excluding carboxylic acids is 1. The first-order chi connectivity index (χ1) is 10.1. The first kappa shape index (κ1) is 14.5. The van der Waals surface area contributed by atoms with E-state index in [2.05, 4.69) is 14.9 Å². The highest BCUT2D eigenvalue weighted by atomic mass is 16.3. The minimum atomic E-state index is -1.17. The van der Waals surface area contributed by atoms with Gasteiger partial charge in [-0.15, -0.1) is 0 Å². The topological polar surface area (TPSA) is 72.5 Å². The van der Waals surface area contributed by atoms with Gasteiger partial charge in [0.25, 0.3) is 5.91 Å². The highest BCUT2D eigenvalue weighted by Crippen LogP contribution is 2.29. The van der Waals surface area contributed by atoms with Gasteiger partial charge in [-0.1, -0.05) is 0 Å². The molecular formula is C15H24N4O2. The van der Waals surface area contributed by atoms with Crippen molar-refractivity contribution in [3.8, 4) is 0 Å². The molecule has 3 heterocycles. The van der Waals surface area contributed by atoms with Crippen LogP contribution in [0.5, 0.6) is 0 Å². The summed E-state index contributed by atoms with van der Waals surface area (Å²) >= 11 is 0. The number of hydrogen-bond donors (Lipinski definition) is 2. The summed E-state index contributed by atoms with van der Waals surface area (Å²) in [5.41, 5.74) is -1.17. The molecule has 6 heteroatoms. The molecule has 2 aliphatic rings. The third-order valence-corrected chi connectivity index (χ3v) is 4.83. The molecule has 6 nitrogen and oxygen atoms in total. The van der Waals surface area contributed by atoms with Crippen LogP contribution in [0.15, 0.2) is 12.4 Å². The Labute approximate surface area is 125 Å². The number of nitrogens with one attached hydrogen (secondary N) is 1. The molecule has 2 aliphatic heterocycles. The molecule has 116 valence electrons. The molecule has 0 bridgehead atoms. The van der Waals surface area contributed by atoms with E-state index in [1.54, 1.807) is 6.20 Å². The Hall–Kier alpha value is -1.40. The molecule has 0 aliphatic carbocycles. The van der Waals surface area contributed by atoms with Gasteiger partial charge in [0.05, 0.1) is 0 Å². The molecule has 1 aromatic heterocycles. The van der Waals surface area contributed by atoms with E-state index in [0.29, 0.717) is 19.4 Å². The third-order valence-electron chi connectivity index (χ3n) is 4.83. The minimum absolute atomic E-state index is 0.0909. The molecule has 2 N–H and O–H groups in total. The van der Waals surface area contributed by atoms with Gasteiger partial charge in [-0.2, -0.15) is 0 Å². The van der Waals surface area contributed by atoms with E-state index in [4.69, 9.17) is 0 Å².